The van der Waals surface area contributed by atoms with Gasteiger partial charge in [-0.3, -0.25) is 0 Å². The van der Waals surface area contributed by atoms with Crippen molar-refractivity contribution in [3.05, 3.63) is 0 Å². The van der Waals surface area contributed by atoms with Crippen molar-refractivity contribution in [2.75, 3.05) is 27.9 Å². The molecule has 0 N–H and O–H groups in total. The van der Waals surface area contributed by atoms with Crippen LogP contribution in [0.1, 0.15) is 64.7 Å². The maximum absolute atomic E-state index is 10.1. The Bertz CT molecular complexity index is 291. The normalized spacial score (nSPS) is 12.9. The molecule has 130 valence electrons. The fourth-order valence-electron chi connectivity index (χ4n) is 2.88. The van der Waals surface area contributed by atoms with Crippen LogP contribution in [0, 0.1) is 5.92 Å². The summed E-state index contributed by atoms with van der Waals surface area (Å²) in [5.41, 5.74) is 0. The predicted octanol–water partition coefficient (Wildman–Crippen LogP) is 4.06. The number of aliphatic imine (C=N–C) groups is 1. The van der Waals surface area contributed by atoms with Crippen LogP contribution in [0.2, 0.25) is 0 Å². The van der Waals surface area contributed by atoms with E-state index in [1.54, 1.807) is 27.4 Å². The Morgan fingerprint density at radius 3 is 2.00 bits per heavy atom. The molecular formula is C17H33NO4. The van der Waals surface area contributed by atoms with Gasteiger partial charge in [-0.2, -0.15) is 0 Å². The van der Waals surface area contributed by atoms with Crippen LogP contribution in [0.15, 0.2) is 4.99 Å². The Labute approximate surface area is 135 Å². The highest BCUT2D eigenvalue weighted by atomic mass is 16.9. The van der Waals surface area contributed by atoms with Crippen molar-refractivity contribution in [1.29, 1.82) is 0 Å². The highest BCUT2D eigenvalue weighted by Crippen LogP contribution is 2.32. The van der Waals surface area contributed by atoms with E-state index < -0.39 is 5.97 Å². The third kappa shape index (κ3) is 8.04. The van der Waals surface area contributed by atoms with Crippen LogP contribution in [-0.4, -0.2) is 39.9 Å². The lowest BCUT2D eigenvalue weighted by Gasteiger charge is -2.36. The van der Waals surface area contributed by atoms with Crippen molar-refractivity contribution >= 4 is 6.08 Å². The molecule has 1 atom stereocenters. The van der Waals surface area contributed by atoms with Crippen LogP contribution in [0.3, 0.4) is 0 Å². The van der Waals surface area contributed by atoms with E-state index >= 15 is 0 Å². The first-order valence-electron chi connectivity index (χ1n) is 8.39. The highest BCUT2D eigenvalue weighted by molar-refractivity contribution is 5.32. The molecule has 0 radical (unpaired) electrons. The second kappa shape index (κ2) is 13.9. The standard InChI is InChI=1S/C17H33NO4/c1-5-6-7-8-9-10-12-16(13-11-14-18-15-19)17(20-2,21-3)22-4/h16H,5-14H2,1-4H3/t16-/m1/s1. The Hall–Kier alpha value is -0.740. The van der Waals surface area contributed by atoms with Crippen LogP contribution < -0.4 is 0 Å². The summed E-state index contributed by atoms with van der Waals surface area (Å²) in [5, 5.41) is 0. The van der Waals surface area contributed by atoms with E-state index in [2.05, 4.69) is 11.9 Å². The first-order chi connectivity index (χ1) is 10.7. The van der Waals surface area contributed by atoms with Crippen molar-refractivity contribution in [3.8, 4) is 0 Å². The highest BCUT2D eigenvalue weighted by Gasteiger charge is 2.39. The molecule has 0 aliphatic rings. The van der Waals surface area contributed by atoms with Crippen molar-refractivity contribution in [2.24, 2.45) is 10.9 Å². The molecular weight excluding hydrogens is 282 g/mol. The fourth-order valence-corrected chi connectivity index (χ4v) is 2.88. The minimum Gasteiger partial charge on any atom is -0.331 e. The van der Waals surface area contributed by atoms with Crippen LogP contribution in [0.4, 0.5) is 0 Å². The molecule has 22 heavy (non-hydrogen) atoms. The van der Waals surface area contributed by atoms with E-state index in [0.717, 1.165) is 25.7 Å². The molecule has 0 rings (SSSR count). The third-order valence-corrected chi connectivity index (χ3v) is 4.15. The molecule has 0 spiro atoms. The first kappa shape index (κ1) is 21.3. The number of isocyanates is 1. The second-order valence-electron chi connectivity index (χ2n) is 5.58. The van der Waals surface area contributed by atoms with Gasteiger partial charge in [0.15, 0.2) is 0 Å². The van der Waals surface area contributed by atoms with Gasteiger partial charge in [0, 0.05) is 27.2 Å². The average molecular weight is 315 g/mol. The Morgan fingerprint density at radius 1 is 0.909 bits per heavy atom. The number of hydrogen-bond donors (Lipinski definition) is 0. The van der Waals surface area contributed by atoms with Gasteiger partial charge >= 0.3 is 0 Å². The molecule has 0 bridgehead atoms. The minimum absolute atomic E-state index is 0.125. The average Bonchev–Trinajstić information content (AvgIpc) is 2.55. The molecule has 0 amide bonds. The monoisotopic (exact) mass is 315 g/mol. The summed E-state index contributed by atoms with van der Waals surface area (Å²) in [5.74, 6) is -0.880. The number of unbranched alkanes of at least 4 members (excludes halogenated alkanes) is 5. The fraction of sp³-hybridized carbons (Fsp3) is 0.941. The van der Waals surface area contributed by atoms with Crippen LogP contribution in [0.25, 0.3) is 0 Å². The predicted molar refractivity (Wildman–Crippen MR) is 87.5 cm³/mol. The van der Waals surface area contributed by atoms with Crippen molar-refractivity contribution in [2.45, 2.75) is 70.7 Å². The van der Waals surface area contributed by atoms with Gasteiger partial charge < -0.3 is 14.2 Å². The van der Waals surface area contributed by atoms with E-state index in [9.17, 15) is 4.79 Å². The van der Waals surface area contributed by atoms with Gasteiger partial charge in [0.1, 0.15) is 0 Å². The van der Waals surface area contributed by atoms with Crippen molar-refractivity contribution in [3.63, 3.8) is 0 Å². The molecule has 0 aromatic carbocycles. The van der Waals surface area contributed by atoms with Gasteiger partial charge in [-0.1, -0.05) is 45.4 Å². The quantitative estimate of drug-likeness (QED) is 0.198. The molecule has 0 aromatic rings. The van der Waals surface area contributed by atoms with E-state index in [0.29, 0.717) is 6.54 Å². The van der Waals surface area contributed by atoms with Crippen LogP contribution in [-0.2, 0) is 19.0 Å². The van der Waals surface area contributed by atoms with Crippen molar-refractivity contribution < 1.29 is 19.0 Å². The van der Waals surface area contributed by atoms with Crippen LogP contribution in [0.5, 0.6) is 0 Å². The lowest BCUT2D eigenvalue weighted by Crippen LogP contribution is -2.44. The third-order valence-electron chi connectivity index (χ3n) is 4.15. The zero-order valence-corrected chi connectivity index (χ0v) is 14.7. The van der Waals surface area contributed by atoms with Crippen LogP contribution >= 0.6 is 0 Å². The zero-order valence-electron chi connectivity index (χ0n) is 14.7. The van der Waals surface area contributed by atoms with Gasteiger partial charge in [0.2, 0.25) is 6.08 Å². The van der Waals surface area contributed by atoms with Crippen molar-refractivity contribution in [1.82, 2.24) is 0 Å². The summed E-state index contributed by atoms with van der Waals surface area (Å²) in [6.07, 6.45) is 11.7. The summed E-state index contributed by atoms with van der Waals surface area (Å²) >= 11 is 0. The minimum atomic E-state index is -1.01. The van der Waals surface area contributed by atoms with E-state index in [4.69, 9.17) is 14.2 Å². The summed E-state index contributed by atoms with van der Waals surface area (Å²) in [4.78, 5) is 13.8. The largest absolute Gasteiger partial charge is 0.331 e. The lowest BCUT2D eigenvalue weighted by molar-refractivity contribution is -0.380. The molecule has 0 aliphatic carbocycles. The van der Waals surface area contributed by atoms with Gasteiger partial charge in [-0.05, 0) is 19.3 Å². The van der Waals surface area contributed by atoms with Gasteiger partial charge in [0.25, 0.3) is 5.97 Å². The molecule has 0 heterocycles. The first-order valence-corrected chi connectivity index (χ1v) is 8.39. The number of rotatable bonds is 15. The summed E-state index contributed by atoms with van der Waals surface area (Å²) in [7, 11) is 4.81. The molecule has 0 aliphatic heterocycles. The lowest BCUT2D eigenvalue weighted by atomic mass is 9.93. The van der Waals surface area contributed by atoms with E-state index in [1.165, 1.54) is 32.1 Å². The molecule has 0 unspecified atom stereocenters. The molecule has 0 fully saturated rings. The topological polar surface area (TPSA) is 57.1 Å². The molecule has 0 saturated carbocycles. The maximum atomic E-state index is 10.1. The van der Waals surface area contributed by atoms with Gasteiger partial charge in [-0.15, -0.1) is 0 Å². The van der Waals surface area contributed by atoms with E-state index in [-0.39, 0.29) is 5.92 Å². The number of methoxy groups -OCH3 is 3. The Morgan fingerprint density at radius 2 is 1.45 bits per heavy atom. The molecule has 0 aromatic heterocycles. The Kier molecular flexibility index (Phi) is 13.4. The number of hydrogen-bond acceptors (Lipinski definition) is 5. The summed E-state index contributed by atoms with van der Waals surface area (Å²) in [6, 6.07) is 0. The number of nitrogens with zero attached hydrogens (tertiary/aromatic N) is 1. The van der Waals surface area contributed by atoms with Gasteiger partial charge in [0.05, 0.1) is 6.54 Å². The molecule has 0 saturated heterocycles. The zero-order chi connectivity index (χ0) is 16.7. The SMILES string of the molecule is CCCCCCCC[C@H](CCCN=C=O)C(OC)(OC)OC. The molecule has 5 nitrogen and oxygen atoms in total. The summed E-state index contributed by atoms with van der Waals surface area (Å²) < 4.78 is 16.5. The summed E-state index contributed by atoms with van der Waals surface area (Å²) in [6.45, 7) is 2.71. The number of ether oxygens (including phenoxy) is 3. The second-order valence-corrected chi connectivity index (χ2v) is 5.58. The molecule has 5 heteroatoms. The number of carbonyl (C=O) groups excluding carboxylic acids is 1. The van der Waals surface area contributed by atoms with Gasteiger partial charge in [-0.25, -0.2) is 9.79 Å². The van der Waals surface area contributed by atoms with E-state index in [1.807, 2.05) is 0 Å². The smallest absolute Gasteiger partial charge is 0.285 e. The maximum Gasteiger partial charge on any atom is 0.285 e. The Balaban J connectivity index is 4.40.